The molecule has 2 heterocycles. The number of Topliss-reactive ketones (excluding diaryl/α,β-unsaturated/α-hetero) is 1. The summed E-state index contributed by atoms with van der Waals surface area (Å²) in [5.74, 6) is -0.681. The first kappa shape index (κ1) is 18.7. The number of aryl methyl sites for hydroxylation is 1. The third-order valence-electron chi connectivity index (χ3n) is 3.94. The first-order valence-corrected chi connectivity index (χ1v) is 8.07. The number of furan rings is 1. The van der Waals surface area contributed by atoms with Crippen LogP contribution in [0.3, 0.4) is 0 Å². The summed E-state index contributed by atoms with van der Waals surface area (Å²) in [5, 5.41) is 21.7. The highest BCUT2D eigenvalue weighted by Gasteiger charge is 2.25. The third-order valence-corrected chi connectivity index (χ3v) is 3.94. The molecule has 0 unspecified atom stereocenters. The average molecular weight is 381 g/mol. The summed E-state index contributed by atoms with van der Waals surface area (Å²) in [6.45, 7) is 2.85. The van der Waals surface area contributed by atoms with Crippen molar-refractivity contribution in [2.75, 3.05) is 5.32 Å². The van der Waals surface area contributed by atoms with E-state index < -0.39 is 10.8 Å². The van der Waals surface area contributed by atoms with Crippen LogP contribution in [0.25, 0.3) is 11.3 Å². The van der Waals surface area contributed by atoms with Gasteiger partial charge in [-0.15, -0.1) is 10.2 Å². The fraction of sp³-hybridized carbons (Fsp3) is 0.111. The Kier molecular flexibility index (Phi) is 4.86. The molecule has 0 atom stereocenters. The van der Waals surface area contributed by atoms with E-state index in [9.17, 15) is 19.7 Å². The van der Waals surface area contributed by atoms with Crippen molar-refractivity contribution in [1.29, 1.82) is 0 Å². The van der Waals surface area contributed by atoms with Gasteiger partial charge in [-0.1, -0.05) is 12.1 Å². The molecule has 0 bridgehead atoms. The molecule has 3 rings (SSSR count). The summed E-state index contributed by atoms with van der Waals surface area (Å²) in [6, 6.07) is 9.14. The smallest absolute Gasteiger partial charge is 0.270 e. The number of nitrogens with one attached hydrogen (secondary N) is 1. The molecule has 3 aromatic rings. The van der Waals surface area contributed by atoms with Crippen LogP contribution < -0.4 is 11.1 Å². The zero-order chi connectivity index (χ0) is 20.4. The predicted octanol–water partition coefficient (Wildman–Crippen LogP) is 3.00. The van der Waals surface area contributed by atoms with Crippen LogP contribution in [-0.4, -0.2) is 26.8 Å². The Morgan fingerprint density at radius 1 is 1.18 bits per heavy atom. The molecule has 0 aliphatic rings. The lowest BCUT2D eigenvalue weighted by Gasteiger charge is -2.05. The summed E-state index contributed by atoms with van der Waals surface area (Å²) >= 11 is 0. The van der Waals surface area contributed by atoms with Crippen molar-refractivity contribution in [3.63, 3.8) is 0 Å². The molecule has 0 saturated heterocycles. The number of ketones is 1. The Morgan fingerprint density at radius 2 is 1.93 bits per heavy atom. The van der Waals surface area contributed by atoms with Gasteiger partial charge in [0.05, 0.1) is 16.2 Å². The van der Waals surface area contributed by atoms with Crippen molar-refractivity contribution in [3.8, 4) is 11.3 Å². The van der Waals surface area contributed by atoms with Crippen LogP contribution in [0.4, 0.5) is 17.4 Å². The van der Waals surface area contributed by atoms with Gasteiger partial charge in [-0.25, -0.2) is 0 Å². The van der Waals surface area contributed by atoms with Gasteiger partial charge in [0.1, 0.15) is 11.3 Å². The van der Waals surface area contributed by atoms with Gasteiger partial charge in [0, 0.05) is 17.7 Å². The summed E-state index contributed by atoms with van der Waals surface area (Å²) in [4.78, 5) is 33.9. The summed E-state index contributed by atoms with van der Waals surface area (Å²) in [7, 11) is 0. The number of carbonyl (C=O) groups excluding carboxylic acids is 2. The molecule has 3 N–H and O–H groups in total. The van der Waals surface area contributed by atoms with Crippen LogP contribution in [0.5, 0.6) is 0 Å². The summed E-state index contributed by atoms with van der Waals surface area (Å²) in [6.07, 6.45) is 0. The van der Waals surface area contributed by atoms with Crippen molar-refractivity contribution >= 4 is 29.1 Å². The monoisotopic (exact) mass is 381 g/mol. The summed E-state index contributed by atoms with van der Waals surface area (Å²) in [5.41, 5.74) is 6.31. The second-order valence-electron chi connectivity index (χ2n) is 5.89. The first-order valence-electron chi connectivity index (χ1n) is 8.07. The van der Waals surface area contributed by atoms with Crippen molar-refractivity contribution < 1.29 is 18.9 Å². The number of hydrogen-bond acceptors (Lipinski definition) is 8. The third kappa shape index (κ3) is 3.56. The summed E-state index contributed by atoms with van der Waals surface area (Å²) < 4.78 is 5.45. The fourth-order valence-corrected chi connectivity index (χ4v) is 2.74. The standard InChI is InChI=1S/C18H15N5O5/c1-9(24)15-10(2)28-18(16(15)17(19)25)20-14-7-6-13(21-22-14)11-4-3-5-12(8-11)23(26)27/h3-8H,1-2H3,(H2,19,25)(H,20,22). The number of non-ortho nitro benzene ring substituents is 1. The second-order valence-corrected chi connectivity index (χ2v) is 5.89. The minimum absolute atomic E-state index is 0.00685. The molecule has 2 aromatic heterocycles. The molecule has 1 aromatic carbocycles. The van der Waals surface area contributed by atoms with Gasteiger partial charge in [-0.05, 0) is 26.0 Å². The van der Waals surface area contributed by atoms with Crippen molar-refractivity contribution in [2.24, 2.45) is 5.73 Å². The molecule has 28 heavy (non-hydrogen) atoms. The van der Waals surface area contributed by atoms with Crippen LogP contribution in [0.2, 0.25) is 0 Å². The van der Waals surface area contributed by atoms with Gasteiger partial charge < -0.3 is 15.5 Å². The van der Waals surface area contributed by atoms with E-state index in [0.29, 0.717) is 11.3 Å². The van der Waals surface area contributed by atoms with Crippen LogP contribution in [0.1, 0.15) is 33.4 Å². The number of anilines is 2. The highest BCUT2D eigenvalue weighted by Crippen LogP contribution is 2.29. The van der Waals surface area contributed by atoms with Crippen LogP contribution in [-0.2, 0) is 0 Å². The normalized spacial score (nSPS) is 10.5. The average Bonchev–Trinajstić information content (AvgIpc) is 2.98. The molecular weight excluding hydrogens is 366 g/mol. The number of primary amides is 1. The zero-order valence-corrected chi connectivity index (χ0v) is 14.9. The van der Waals surface area contributed by atoms with E-state index in [-0.39, 0.29) is 40.1 Å². The molecule has 1 amide bonds. The van der Waals surface area contributed by atoms with E-state index in [0.717, 1.165) is 0 Å². The maximum Gasteiger partial charge on any atom is 0.270 e. The number of hydrogen-bond donors (Lipinski definition) is 2. The lowest BCUT2D eigenvalue weighted by molar-refractivity contribution is -0.384. The number of nitrogens with two attached hydrogens (primary N) is 1. The van der Waals surface area contributed by atoms with E-state index in [4.69, 9.17) is 10.2 Å². The zero-order valence-electron chi connectivity index (χ0n) is 14.9. The number of amides is 1. The van der Waals surface area contributed by atoms with E-state index in [1.165, 1.54) is 19.1 Å². The molecule has 0 spiro atoms. The van der Waals surface area contributed by atoms with Crippen LogP contribution >= 0.6 is 0 Å². The maximum absolute atomic E-state index is 11.8. The molecule has 0 saturated carbocycles. The van der Waals surface area contributed by atoms with Crippen LogP contribution in [0.15, 0.2) is 40.8 Å². The number of nitro benzene ring substituents is 1. The van der Waals surface area contributed by atoms with Gasteiger partial charge in [0.25, 0.3) is 11.6 Å². The topological polar surface area (TPSA) is 154 Å². The number of rotatable bonds is 6. The minimum Gasteiger partial charge on any atom is -0.444 e. The molecule has 142 valence electrons. The molecule has 0 radical (unpaired) electrons. The van der Waals surface area contributed by atoms with Gasteiger partial charge in [-0.3, -0.25) is 19.7 Å². The fourth-order valence-electron chi connectivity index (χ4n) is 2.74. The van der Waals surface area contributed by atoms with Crippen molar-refractivity contribution in [2.45, 2.75) is 13.8 Å². The van der Waals surface area contributed by atoms with Crippen molar-refractivity contribution in [1.82, 2.24) is 10.2 Å². The number of aromatic nitrogens is 2. The highest BCUT2D eigenvalue weighted by atomic mass is 16.6. The Morgan fingerprint density at radius 3 is 2.50 bits per heavy atom. The van der Waals surface area contributed by atoms with E-state index >= 15 is 0 Å². The van der Waals surface area contributed by atoms with Gasteiger partial charge in [-0.2, -0.15) is 0 Å². The van der Waals surface area contributed by atoms with Gasteiger partial charge in [0.15, 0.2) is 11.6 Å². The Bertz CT molecular complexity index is 1090. The van der Waals surface area contributed by atoms with E-state index in [2.05, 4.69) is 15.5 Å². The first-order chi connectivity index (χ1) is 13.3. The Balaban J connectivity index is 1.91. The molecule has 0 aliphatic carbocycles. The van der Waals surface area contributed by atoms with E-state index in [1.54, 1.807) is 31.2 Å². The van der Waals surface area contributed by atoms with Crippen LogP contribution in [0, 0.1) is 17.0 Å². The highest BCUT2D eigenvalue weighted by molar-refractivity contribution is 6.10. The quantitative estimate of drug-likeness (QED) is 0.375. The van der Waals surface area contributed by atoms with Gasteiger partial charge >= 0.3 is 0 Å². The number of carbonyl (C=O) groups is 2. The van der Waals surface area contributed by atoms with E-state index in [1.807, 2.05) is 0 Å². The number of benzene rings is 1. The van der Waals surface area contributed by atoms with Crippen molar-refractivity contribution in [3.05, 3.63) is 63.4 Å². The maximum atomic E-state index is 11.8. The molecule has 0 fully saturated rings. The molecule has 0 aliphatic heterocycles. The SMILES string of the molecule is CC(=O)c1c(C)oc(Nc2ccc(-c3cccc([N+](=O)[O-])c3)nn2)c1C(N)=O. The largest absolute Gasteiger partial charge is 0.444 e. The Labute approximate surface area is 158 Å². The predicted molar refractivity (Wildman–Crippen MR) is 99.4 cm³/mol. The van der Waals surface area contributed by atoms with Gasteiger partial charge in [0.2, 0.25) is 5.88 Å². The Hall–Kier alpha value is -4.08. The lowest BCUT2D eigenvalue weighted by Crippen LogP contribution is -2.16. The number of nitrogens with zero attached hydrogens (tertiary/aromatic N) is 3. The molecule has 10 heteroatoms. The molecule has 10 nitrogen and oxygen atoms in total. The minimum atomic E-state index is -0.814. The molecular formula is C18H15N5O5. The lowest BCUT2D eigenvalue weighted by atomic mass is 10.1. The number of nitro groups is 1. The second kappa shape index (κ2) is 7.27.